The van der Waals surface area contributed by atoms with Crippen molar-refractivity contribution in [3.63, 3.8) is 0 Å². The maximum Gasteiger partial charge on any atom is 0.303 e. The Hall–Kier alpha value is -1.40. The largest absolute Gasteiger partial charge is 0.481 e. The van der Waals surface area contributed by atoms with Gasteiger partial charge in [0, 0.05) is 13.0 Å². The predicted molar refractivity (Wildman–Crippen MR) is 81.8 cm³/mol. The predicted octanol–water partition coefficient (Wildman–Crippen LogP) is 2.62. The lowest BCUT2D eigenvalue weighted by Gasteiger charge is -2.08. The van der Waals surface area contributed by atoms with Gasteiger partial charge in [0.2, 0.25) is 10.0 Å². The van der Waals surface area contributed by atoms with Crippen LogP contribution in [0.4, 0.5) is 0 Å². The minimum Gasteiger partial charge on any atom is -0.481 e. The van der Waals surface area contributed by atoms with Crippen molar-refractivity contribution in [2.24, 2.45) is 0 Å². The second-order valence-corrected chi connectivity index (χ2v) is 7.05. The van der Waals surface area contributed by atoms with Crippen LogP contribution in [0.5, 0.6) is 0 Å². The Kier molecular flexibility index (Phi) is 6.84. The van der Waals surface area contributed by atoms with Crippen LogP contribution in [0.2, 0.25) is 0 Å². The van der Waals surface area contributed by atoms with E-state index in [9.17, 15) is 13.2 Å². The van der Waals surface area contributed by atoms with E-state index in [1.54, 1.807) is 12.1 Å². The van der Waals surface area contributed by atoms with Crippen molar-refractivity contribution in [1.29, 1.82) is 0 Å². The van der Waals surface area contributed by atoms with Crippen molar-refractivity contribution in [1.82, 2.24) is 4.72 Å². The number of carboxylic acid groups (broad SMARTS) is 1. The molecule has 1 aromatic carbocycles. The molecule has 0 heterocycles. The van der Waals surface area contributed by atoms with Gasteiger partial charge in [-0.05, 0) is 49.9 Å². The van der Waals surface area contributed by atoms with E-state index in [1.165, 1.54) is 0 Å². The first kappa shape index (κ1) is 17.7. The number of aryl methyl sites for hydroxylation is 2. The summed E-state index contributed by atoms with van der Waals surface area (Å²) < 4.78 is 26.8. The summed E-state index contributed by atoms with van der Waals surface area (Å²) >= 11 is 0. The molecule has 0 aromatic heterocycles. The molecular weight excluding hydrogens is 290 g/mol. The Labute approximate surface area is 126 Å². The molecule has 0 unspecified atom stereocenters. The fourth-order valence-electron chi connectivity index (χ4n) is 2.13. The van der Waals surface area contributed by atoms with Crippen LogP contribution in [0.1, 0.15) is 43.2 Å². The number of rotatable bonds is 9. The summed E-state index contributed by atoms with van der Waals surface area (Å²) in [6, 6.07) is 5.24. The van der Waals surface area contributed by atoms with Crippen molar-refractivity contribution < 1.29 is 18.3 Å². The highest BCUT2D eigenvalue weighted by molar-refractivity contribution is 7.89. The van der Waals surface area contributed by atoms with Crippen molar-refractivity contribution in [3.05, 3.63) is 29.3 Å². The second kappa shape index (κ2) is 8.14. The molecule has 0 aliphatic heterocycles. The van der Waals surface area contributed by atoms with Crippen molar-refractivity contribution >= 4 is 16.0 Å². The fourth-order valence-corrected chi connectivity index (χ4v) is 3.39. The summed E-state index contributed by atoms with van der Waals surface area (Å²) in [4.78, 5) is 10.6. The van der Waals surface area contributed by atoms with Gasteiger partial charge < -0.3 is 5.11 Å². The van der Waals surface area contributed by atoms with E-state index in [2.05, 4.69) is 4.72 Å². The van der Waals surface area contributed by atoms with Gasteiger partial charge in [-0.3, -0.25) is 4.79 Å². The van der Waals surface area contributed by atoms with Gasteiger partial charge >= 0.3 is 5.97 Å². The molecule has 0 aliphatic carbocycles. The maximum atomic E-state index is 12.1. The molecule has 0 aliphatic rings. The fraction of sp³-hybridized carbons (Fsp3) is 0.533. The Balaban J connectivity index is 2.38. The highest BCUT2D eigenvalue weighted by Crippen LogP contribution is 2.14. The highest BCUT2D eigenvalue weighted by Gasteiger charge is 2.13. The standard InChI is InChI=1S/C15H23NO4S/c1-12-9-13(2)11-14(10-12)21(19,20)16-8-6-4-3-5-7-15(17)18/h9-11,16H,3-8H2,1-2H3,(H,17,18). The quantitative estimate of drug-likeness (QED) is 0.686. The average Bonchev–Trinajstić information content (AvgIpc) is 2.36. The van der Waals surface area contributed by atoms with Crippen molar-refractivity contribution in [2.75, 3.05) is 6.54 Å². The zero-order valence-corrected chi connectivity index (χ0v) is 13.4. The minimum atomic E-state index is -3.46. The minimum absolute atomic E-state index is 0.175. The molecule has 0 spiro atoms. The summed E-state index contributed by atoms with van der Waals surface area (Å²) in [6.07, 6.45) is 3.15. The monoisotopic (exact) mass is 313 g/mol. The smallest absolute Gasteiger partial charge is 0.303 e. The molecule has 0 bridgehead atoms. The lowest BCUT2D eigenvalue weighted by molar-refractivity contribution is -0.137. The summed E-state index contributed by atoms with van der Waals surface area (Å²) in [7, 11) is -3.46. The van der Waals surface area contributed by atoms with Gasteiger partial charge in [-0.2, -0.15) is 0 Å². The third kappa shape index (κ3) is 6.73. The third-order valence-corrected chi connectivity index (χ3v) is 4.56. The first-order chi connectivity index (χ1) is 9.81. The molecule has 1 rings (SSSR count). The van der Waals surface area contributed by atoms with Gasteiger partial charge in [0.1, 0.15) is 0 Å². The van der Waals surface area contributed by atoms with Crippen molar-refractivity contribution in [3.8, 4) is 0 Å². The van der Waals surface area contributed by atoms with Crippen LogP contribution in [0.15, 0.2) is 23.1 Å². The number of sulfonamides is 1. The molecule has 2 N–H and O–H groups in total. The van der Waals surface area contributed by atoms with Crippen LogP contribution in [0.3, 0.4) is 0 Å². The number of aliphatic carboxylic acids is 1. The summed E-state index contributed by atoms with van der Waals surface area (Å²) in [5, 5.41) is 8.50. The molecule has 0 saturated carbocycles. The molecule has 1 aromatic rings. The van der Waals surface area contributed by atoms with Gasteiger partial charge in [0.15, 0.2) is 0 Å². The number of benzene rings is 1. The summed E-state index contributed by atoms with van der Waals surface area (Å²) in [6.45, 7) is 4.12. The van der Waals surface area contributed by atoms with Crippen LogP contribution in [0, 0.1) is 13.8 Å². The molecule has 21 heavy (non-hydrogen) atoms. The van der Waals surface area contributed by atoms with E-state index in [0.29, 0.717) is 24.3 Å². The van der Waals surface area contributed by atoms with Crippen LogP contribution in [0.25, 0.3) is 0 Å². The van der Waals surface area contributed by atoms with Crippen LogP contribution < -0.4 is 4.72 Å². The lowest BCUT2D eigenvalue weighted by atomic mass is 10.1. The average molecular weight is 313 g/mol. The van der Waals surface area contributed by atoms with E-state index < -0.39 is 16.0 Å². The molecule has 0 amide bonds. The van der Waals surface area contributed by atoms with Gasteiger partial charge in [0.05, 0.1) is 4.90 Å². The van der Waals surface area contributed by atoms with Gasteiger partial charge in [0.25, 0.3) is 0 Å². The number of unbranched alkanes of at least 4 members (excludes halogenated alkanes) is 3. The van der Waals surface area contributed by atoms with E-state index in [-0.39, 0.29) is 6.42 Å². The van der Waals surface area contributed by atoms with E-state index in [0.717, 1.165) is 24.0 Å². The molecule has 6 heteroatoms. The van der Waals surface area contributed by atoms with Gasteiger partial charge in [-0.25, -0.2) is 13.1 Å². The Bertz CT molecular complexity index is 561. The molecule has 0 fully saturated rings. The normalized spacial score (nSPS) is 11.5. The first-order valence-corrected chi connectivity index (χ1v) is 8.59. The van der Waals surface area contributed by atoms with Crippen LogP contribution in [-0.2, 0) is 14.8 Å². The number of carbonyl (C=O) groups is 1. The number of nitrogens with one attached hydrogen (secondary N) is 1. The van der Waals surface area contributed by atoms with Gasteiger partial charge in [-0.1, -0.05) is 18.9 Å². The Morgan fingerprint density at radius 2 is 1.62 bits per heavy atom. The van der Waals surface area contributed by atoms with Crippen LogP contribution in [-0.4, -0.2) is 26.0 Å². The Morgan fingerprint density at radius 3 is 2.19 bits per heavy atom. The molecule has 118 valence electrons. The van der Waals surface area contributed by atoms with Crippen molar-refractivity contribution in [2.45, 2.75) is 50.8 Å². The number of hydrogen-bond donors (Lipinski definition) is 2. The SMILES string of the molecule is Cc1cc(C)cc(S(=O)(=O)NCCCCCCC(=O)O)c1. The molecule has 0 radical (unpaired) electrons. The zero-order chi connectivity index (χ0) is 15.9. The van der Waals surface area contributed by atoms with E-state index in [4.69, 9.17) is 5.11 Å². The summed E-state index contributed by atoms with van der Waals surface area (Å²) in [5.41, 5.74) is 1.84. The Morgan fingerprint density at radius 1 is 1.05 bits per heavy atom. The maximum absolute atomic E-state index is 12.1. The lowest BCUT2D eigenvalue weighted by Crippen LogP contribution is -2.25. The topological polar surface area (TPSA) is 83.5 Å². The highest BCUT2D eigenvalue weighted by atomic mass is 32.2. The molecule has 5 nitrogen and oxygen atoms in total. The molecule has 0 atom stereocenters. The second-order valence-electron chi connectivity index (χ2n) is 5.28. The van der Waals surface area contributed by atoms with Gasteiger partial charge in [-0.15, -0.1) is 0 Å². The number of hydrogen-bond acceptors (Lipinski definition) is 3. The molecular formula is C15H23NO4S. The first-order valence-electron chi connectivity index (χ1n) is 7.11. The zero-order valence-electron chi connectivity index (χ0n) is 12.6. The van der Waals surface area contributed by atoms with E-state index >= 15 is 0 Å². The third-order valence-electron chi connectivity index (χ3n) is 3.12. The molecule has 0 saturated heterocycles. The van der Waals surface area contributed by atoms with E-state index in [1.807, 2.05) is 19.9 Å². The number of carboxylic acids is 1. The summed E-state index contributed by atoms with van der Waals surface area (Å²) in [5.74, 6) is -0.787. The van der Waals surface area contributed by atoms with Crippen LogP contribution >= 0.6 is 0 Å².